The minimum absolute atomic E-state index is 0.234. The molecule has 0 saturated carbocycles. The van der Waals surface area contributed by atoms with Gasteiger partial charge in [0.05, 0.1) is 23.3 Å². The molecule has 22 heavy (non-hydrogen) atoms. The lowest BCUT2D eigenvalue weighted by Gasteiger charge is -2.20. The van der Waals surface area contributed by atoms with Gasteiger partial charge in [0, 0.05) is 25.8 Å². The molecule has 1 saturated heterocycles. The Balaban J connectivity index is 1.95. The van der Waals surface area contributed by atoms with Crippen molar-refractivity contribution in [1.29, 1.82) is 0 Å². The van der Waals surface area contributed by atoms with Crippen LogP contribution in [0, 0.1) is 0 Å². The SMILES string of the molecule is CCc1ncc(NC(=O)N2CCCC(S(C)(=O)=O)CC2)cn1. The molecule has 2 heterocycles. The smallest absolute Gasteiger partial charge is 0.321 e. The number of carbonyl (C=O) groups excluding carboxylic acids is 1. The molecule has 1 aliphatic heterocycles. The maximum absolute atomic E-state index is 12.2. The van der Waals surface area contributed by atoms with Gasteiger partial charge in [0.15, 0.2) is 0 Å². The van der Waals surface area contributed by atoms with Crippen LogP contribution in [0.15, 0.2) is 12.4 Å². The first-order valence-corrected chi connectivity index (χ1v) is 9.41. The lowest BCUT2D eigenvalue weighted by molar-refractivity contribution is 0.213. The van der Waals surface area contributed by atoms with E-state index in [-0.39, 0.29) is 11.3 Å². The van der Waals surface area contributed by atoms with Crippen LogP contribution >= 0.6 is 0 Å². The molecule has 1 fully saturated rings. The number of sulfone groups is 1. The van der Waals surface area contributed by atoms with Crippen LogP contribution in [0.25, 0.3) is 0 Å². The van der Waals surface area contributed by atoms with Crippen molar-refractivity contribution >= 4 is 21.6 Å². The number of rotatable bonds is 3. The van der Waals surface area contributed by atoms with E-state index in [4.69, 9.17) is 0 Å². The maximum Gasteiger partial charge on any atom is 0.321 e. The first kappa shape index (κ1) is 16.7. The van der Waals surface area contributed by atoms with Crippen molar-refractivity contribution in [3.8, 4) is 0 Å². The molecule has 0 aliphatic carbocycles. The number of nitrogens with zero attached hydrogens (tertiary/aromatic N) is 3. The highest BCUT2D eigenvalue weighted by atomic mass is 32.2. The van der Waals surface area contributed by atoms with Gasteiger partial charge in [-0.2, -0.15) is 0 Å². The van der Waals surface area contributed by atoms with E-state index in [1.165, 1.54) is 6.26 Å². The fraction of sp³-hybridized carbons (Fsp3) is 0.643. The van der Waals surface area contributed by atoms with Gasteiger partial charge in [0.25, 0.3) is 0 Å². The molecular formula is C14H22N4O3S. The van der Waals surface area contributed by atoms with Crippen molar-refractivity contribution in [3.05, 3.63) is 18.2 Å². The number of hydrogen-bond donors (Lipinski definition) is 1. The Hall–Kier alpha value is -1.70. The molecule has 0 bridgehead atoms. The van der Waals surface area contributed by atoms with Crippen LogP contribution in [0.2, 0.25) is 0 Å². The fourth-order valence-corrected chi connectivity index (χ4v) is 3.63. The van der Waals surface area contributed by atoms with E-state index in [0.717, 1.165) is 12.2 Å². The summed E-state index contributed by atoms with van der Waals surface area (Å²) >= 11 is 0. The number of amides is 2. The van der Waals surface area contributed by atoms with Crippen molar-refractivity contribution in [2.45, 2.75) is 37.9 Å². The number of anilines is 1. The normalized spacial score (nSPS) is 19.5. The lowest BCUT2D eigenvalue weighted by Crippen LogP contribution is -2.36. The van der Waals surface area contributed by atoms with Crippen LogP contribution < -0.4 is 5.32 Å². The van der Waals surface area contributed by atoms with E-state index >= 15 is 0 Å². The zero-order valence-electron chi connectivity index (χ0n) is 12.9. The van der Waals surface area contributed by atoms with E-state index in [9.17, 15) is 13.2 Å². The van der Waals surface area contributed by atoms with E-state index < -0.39 is 9.84 Å². The Morgan fingerprint density at radius 3 is 2.59 bits per heavy atom. The molecule has 1 aliphatic rings. The molecule has 0 spiro atoms. The second kappa shape index (κ2) is 7.04. The summed E-state index contributed by atoms with van der Waals surface area (Å²) in [6.45, 7) is 2.96. The summed E-state index contributed by atoms with van der Waals surface area (Å²) < 4.78 is 23.3. The summed E-state index contributed by atoms with van der Waals surface area (Å²) in [5.74, 6) is 0.726. The molecule has 2 amide bonds. The number of aromatic nitrogens is 2. The van der Waals surface area contributed by atoms with Gasteiger partial charge in [-0.15, -0.1) is 0 Å². The van der Waals surface area contributed by atoms with Crippen molar-refractivity contribution in [2.75, 3.05) is 24.7 Å². The second-order valence-corrected chi connectivity index (χ2v) is 7.87. The molecule has 1 aromatic rings. The third-order valence-corrected chi connectivity index (χ3v) is 5.52. The van der Waals surface area contributed by atoms with E-state index in [1.807, 2.05) is 6.92 Å². The molecule has 0 aromatic carbocycles. The molecular weight excluding hydrogens is 304 g/mol. The van der Waals surface area contributed by atoms with Gasteiger partial charge in [0.1, 0.15) is 15.7 Å². The van der Waals surface area contributed by atoms with E-state index in [2.05, 4.69) is 15.3 Å². The molecule has 1 atom stereocenters. The van der Waals surface area contributed by atoms with E-state index in [1.54, 1.807) is 17.3 Å². The summed E-state index contributed by atoms with van der Waals surface area (Å²) in [6.07, 6.45) is 6.96. The average molecular weight is 326 g/mol. The molecule has 8 heteroatoms. The van der Waals surface area contributed by atoms with Gasteiger partial charge in [-0.1, -0.05) is 6.92 Å². The molecule has 1 unspecified atom stereocenters. The number of urea groups is 1. The van der Waals surface area contributed by atoms with Gasteiger partial charge in [0.2, 0.25) is 0 Å². The molecule has 7 nitrogen and oxygen atoms in total. The third-order valence-electron chi connectivity index (χ3n) is 3.84. The summed E-state index contributed by atoms with van der Waals surface area (Å²) in [5.41, 5.74) is 0.547. The maximum atomic E-state index is 12.2. The topological polar surface area (TPSA) is 92.3 Å². The van der Waals surface area contributed by atoms with Crippen molar-refractivity contribution in [2.24, 2.45) is 0 Å². The van der Waals surface area contributed by atoms with Gasteiger partial charge in [-0.3, -0.25) is 0 Å². The quantitative estimate of drug-likeness (QED) is 0.908. The Bertz CT molecular complexity index is 615. The number of nitrogens with one attached hydrogen (secondary N) is 1. The van der Waals surface area contributed by atoms with Crippen LogP contribution in [0.1, 0.15) is 32.0 Å². The Kier molecular flexibility index (Phi) is 5.33. The van der Waals surface area contributed by atoms with E-state index in [0.29, 0.717) is 38.0 Å². The Morgan fingerprint density at radius 2 is 2.00 bits per heavy atom. The lowest BCUT2D eigenvalue weighted by atomic mass is 10.2. The molecule has 1 aromatic heterocycles. The second-order valence-electron chi connectivity index (χ2n) is 5.54. The van der Waals surface area contributed by atoms with Gasteiger partial charge >= 0.3 is 6.03 Å². The predicted molar refractivity (Wildman–Crippen MR) is 84.5 cm³/mol. The first-order valence-electron chi connectivity index (χ1n) is 7.46. The molecule has 122 valence electrons. The van der Waals surface area contributed by atoms with Crippen LogP contribution in [0.3, 0.4) is 0 Å². The van der Waals surface area contributed by atoms with Crippen molar-refractivity contribution < 1.29 is 13.2 Å². The standard InChI is InChI=1S/C14H22N4O3S/c1-3-13-15-9-11(10-16-13)17-14(19)18-7-4-5-12(6-8-18)22(2,20)21/h9-10,12H,3-8H2,1-2H3,(H,17,19). The summed E-state index contributed by atoms with van der Waals surface area (Å²) in [4.78, 5) is 22.2. The fourth-order valence-electron chi connectivity index (χ4n) is 2.50. The minimum atomic E-state index is -3.04. The summed E-state index contributed by atoms with van der Waals surface area (Å²) in [6, 6.07) is -0.234. The van der Waals surface area contributed by atoms with Crippen LogP contribution in [-0.4, -0.2) is 53.9 Å². The first-order chi connectivity index (χ1) is 10.4. The molecule has 2 rings (SSSR count). The largest absolute Gasteiger partial charge is 0.324 e. The van der Waals surface area contributed by atoms with Crippen LogP contribution in [0.5, 0.6) is 0 Å². The molecule has 0 radical (unpaired) electrons. The number of likely N-dealkylation sites (tertiary alicyclic amines) is 1. The van der Waals surface area contributed by atoms with Crippen LogP contribution in [-0.2, 0) is 16.3 Å². The number of carbonyl (C=O) groups is 1. The highest BCUT2D eigenvalue weighted by Crippen LogP contribution is 2.18. The third kappa shape index (κ3) is 4.40. The number of hydrogen-bond acceptors (Lipinski definition) is 5. The van der Waals surface area contributed by atoms with Gasteiger partial charge in [-0.25, -0.2) is 23.2 Å². The minimum Gasteiger partial charge on any atom is -0.324 e. The zero-order chi connectivity index (χ0) is 16.2. The Morgan fingerprint density at radius 1 is 1.32 bits per heavy atom. The van der Waals surface area contributed by atoms with Gasteiger partial charge < -0.3 is 10.2 Å². The number of aryl methyl sites for hydroxylation is 1. The highest BCUT2D eigenvalue weighted by Gasteiger charge is 2.26. The highest BCUT2D eigenvalue weighted by molar-refractivity contribution is 7.91. The average Bonchev–Trinajstić information content (AvgIpc) is 2.73. The monoisotopic (exact) mass is 326 g/mol. The van der Waals surface area contributed by atoms with Crippen LogP contribution in [0.4, 0.5) is 10.5 Å². The summed E-state index contributed by atoms with van der Waals surface area (Å²) in [5, 5.41) is 2.41. The van der Waals surface area contributed by atoms with Gasteiger partial charge in [-0.05, 0) is 19.3 Å². The zero-order valence-corrected chi connectivity index (χ0v) is 13.8. The summed E-state index contributed by atoms with van der Waals surface area (Å²) in [7, 11) is -3.04. The van der Waals surface area contributed by atoms with Crippen molar-refractivity contribution in [3.63, 3.8) is 0 Å². The molecule has 1 N–H and O–H groups in total. The Labute approximate surface area is 131 Å². The van der Waals surface area contributed by atoms with Crippen molar-refractivity contribution in [1.82, 2.24) is 14.9 Å². The predicted octanol–water partition coefficient (Wildman–Crippen LogP) is 1.47.